The third-order valence-corrected chi connectivity index (χ3v) is 3.04. The van der Waals surface area contributed by atoms with Crippen molar-refractivity contribution in [1.29, 1.82) is 0 Å². The van der Waals surface area contributed by atoms with Gasteiger partial charge in [0.2, 0.25) is 0 Å². The Morgan fingerprint density at radius 1 is 1.39 bits per heavy atom. The summed E-state index contributed by atoms with van der Waals surface area (Å²) in [5, 5.41) is 3.23. The predicted molar refractivity (Wildman–Crippen MR) is 65.3 cm³/mol. The SMILES string of the molecule is O=C(NC1=NCCS1)c1ccc(OC(F)F)cc1. The van der Waals surface area contributed by atoms with Crippen molar-refractivity contribution in [2.75, 3.05) is 12.3 Å². The molecular weight excluding hydrogens is 262 g/mol. The van der Waals surface area contributed by atoms with E-state index in [9.17, 15) is 13.6 Å². The molecule has 0 radical (unpaired) electrons. The monoisotopic (exact) mass is 272 g/mol. The number of rotatable bonds is 3. The highest BCUT2D eigenvalue weighted by atomic mass is 32.2. The van der Waals surface area contributed by atoms with Gasteiger partial charge in [-0.1, -0.05) is 11.8 Å². The first-order chi connectivity index (χ1) is 8.65. The van der Waals surface area contributed by atoms with Gasteiger partial charge in [0.15, 0.2) is 5.17 Å². The van der Waals surface area contributed by atoms with Crippen molar-refractivity contribution in [2.24, 2.45) is 4.99 Å². The number of benzene rings is 1. The number of carbonyl (C=O) groups is 1. The quantitative estimate of drug-likeness (QED) is 0.917. The van der Waals surface area contributed by atoms with Crippen LogP contribution in [0, 0.1) is 0 Å². The second-order valence-electron chi connectivity index (χ2n) is 3.39. The number of thioether (sulfide) groups is 1. The average Bonchev–Trinajstić information content (AvgIpc) is 2.82. The minimum Gasteiger partial charge on any atom is -0.435 e. The lowest BCUT2D eigenvalue weighted by molar-refractivity contribution is -0.0498. The first-order valence-electron chi connectivity index (χ1n) is 5.18. The predicted octanol–water partition coefficient (Wildman–Crippen LogP) is 2.12. The van der Waals surface area contributed by atoms with Crippen LogP contribution in [0.15, 0.2) is 29.3 Å². The zero-order valence-corrected chi connectivity index (χ0v) is 10.0. The van der Waals surface area contributed by atoms with Crippen LogP contribution in [0.3, 0.4) is 0 Å². The fourth-order valence-corrected chi connectivity index (χ4v) is 2.09. The number of alkyl halides is 2. The molecule has 0 fully saturated rings. The Kier molecular flexibility index (Phi) is 4.14. The molecule has 0 unspecified atom stereocenters. The summed E-state index contributed by atoms with van der Waals surface area (Å²) < 4.78 is 28.0. The summed E-state index contributed by atoms with van der Waals surface area (Å²) in [6, 6.07) is 5.50. The van der Waals surface area contributed by atoms with Crippen LogP contribution in [-0.2, 0) is 0 Å². The van der Waals surface area contributed by atoms with Crippen LogP contribution in [0.25, 0.3) is 0 Å². The summed E-state index contributed by atoms with van der Waals surface area (Å²) in [4.78, 5) is 15.8. The molecule has 7 heteroatoms. The molecule has 18 heavy (non-hydrogen) atoms. The maximum absolute atomic E-state index is 11.9. The smallest absolute Gasteiger partial charge is 0.387 e. The normalized spacial score (nSPS) is 14.5. The lowest BCUT2D eigenvalue weighted by Crippen LogP contribution is -2.27. The second-order valence-corrected chi connectivity index (χ2v) is 4.48. The lowest BCUT2D eigenvalue weighted by Gasteiger charge is -2.06. The van der Waals surface area contributed by atoms with Crippen molar-refractivity contribution in [3.63, 3.8) is 0 Å². The number of amidine groups is 1. The van der Waals surface area contributed by atoms with Gasteiger partial charge in [0.1, 0.15) is 5.75 Å². The van der Waals surface area contributed by atoms with Gasteiger partial charge in [-0.25, -0.2) is 0 Å². The number of aliphatic imine (C=N–C) groups is 1. The Balaban J connectivity index is 1.98. The van der Waals surface area contributed by atoms with Crippen LogP contribution >= 0.6 is 11.8 Å². The Morgan fingerprint density at radius 2 is 2.11 bits per heavy atom. The molecule has 1 amide bonds. The third-order valence-electron chi connectivity index (χ3n) is 2.15. The summed E-state index contributed by atoms with van der Waals surface area (Å²) >= 11 is 1.47. The molecule has 0 spiro atoms. The maximum Gasteiger partial charge on any atom is 0.387 e. The topological polar surface area (TPSA) is 50.7 Å². The molecule has 0 aromatic heterocycles. The van der Waals surface area contributed by atoms with Gasteiger partial charge in [-0.3, -0.25) is 9.79 Å². The molecule has 1 aromatic carbocycles. The molecule has 96 valence electrons. The van der Waals surface area contributed by atoms with Crippen LogP contribution in [0.1, 0.15) is 10.4 Å². The van der Waals surface area contributed by atoms with E-state index in [2.05, 4.69) is 15.0 Å². The van der Waals surface area contributed by atoms with Gasteiger partial charge in [-0.2, -0.15) is 8.78 Å². The van der Waals surface area contributed by atoms with Crippen LogP contribution < -0.4 is 10.1 Å². The molecule has 4 nitrogen and oxygen atoms in total. The van der Waals surface area contributed by atoms with Crippen molar-refractivity contribution in [3.05, 3.63) is 29.8 Å². The number of halogens is 2. The zero-order valence-electron chi connectivity index (χ0n) is 9.23. The molecule has 1 aliphatic heterocycles. The number of ether oxygens (including phenoxy) is 1. The highest BCUT2D eigenvalue weighted by Gasteiger charge is 2.13. The number of hydrogen-bond acceptors (Lipinski definition) is 4. The third kappa shape index (κ3) is 3.43. The fraction of sp³-hybridized carbons (Fsp3) is 0.273. The van der Waals surface area contributed by atoms with Gasteiger partial charge in [-0.15, -0.1) is 0 Å². The van der Waals surface area contributed by atoms with E-state index >= 15 is 0 Å². The van der Waals surface area contributed by atoms with Crippen LogP contribution in [-0.4, -0.2) is 30.0 Å². The standard InChI is InChI=1S/C11H10F2N2O2S/c12-10(13)17-8-3-1-7(2-4-8)9(16)15-11-14-5-6-18-11/h1-4,10H,5-6H2,(H,14,15,16). The van der Waals surface area contributed by atoms with Crippen molar-refractivity contribution in [2.45, 2.75) is 6.61 Å². The van der Waals surface area contributed by atoms with E-state index in [-0.39, 0.29) is 11.7 Å². The number of nitrogens with one attached hydrogen (secondary N) is 1. The molecule has 1 aromatic rings. The van der Waals surface area contributed by atoms with Gasteiger partial charge in [0.05, 0.1) is 6.54 Å². The van der Waals surface area contributed by atoms with E-state index < -0.39 is 6.61 Å². The largest absolute Gasteiger partial charge is 0.435 e. The summed E-state index contributed by atoms with van der Waals surface area (Å²) in [7, 11) is 0. The average molecular weight is 272 g/mol. The summed E-state index contributed by atoms with van der Waals surface area (Å²) in [5.74, 6) is 0.567. The lowest BCUT2D eigenvalue weighted by atomic mass is 10.2. The molecule has 0 aliphatic carbocycles. The van der Waals surface area contributed by atoms with Gasteiger partial charge < -0.3 is 10.1 Å². The first-order valence-corrected chi connectivity index (χ1v) is 6.17. The highest BCUT2D eigenvalue weighted by molar-refractivity contribution is 8.14. The summed E-state index contributed by atoms with van der Waals surface area (Å²) in [6.45, 7) is -2.17. The Morgan fingerprint density at radius 3 is 2.67 bits per heavy atom. The van der Waals surface area contributed by atoms with E-state index in [4.69, 9.17) is 0 Å². The van der Waals surface area contributed by atoms with Crippen LogP contribution in [0.5, 0.6) is 5.75 Å². The molecule has 0 atom stereocenters. The molecule has 0 saturated heterocycles. The molecule has 2 rings (SSSR count). The van der Waals surface area contributed by atoms with Crippen molar-refractivity contribution in [3.8, 4) is 5.75 Å². The van der Waals surface area contributed by atoms with E-state index in [1.807, 2.05) is 0 Å². The van der Waals surface area contributed by atoms with Crippen molar-refractivity contribution >= 4 is 22.8 Å². The second kappa shape index (κ2) is 5.81. The molecular formula is C11H10F2N2O2S. The maximum atomic E-state index is 11.9. The summed E-state index contributed by atoms with van der Waals surface area (Å²) in [5.41, 5.74) is 0.367. The van der Waals surface area contributed by atoms with Crippen LogP contribution in [0.4, 0.5) is 8.78 Å². The Labute approximate surface area is 106 Å². The minimum atomic E-state index is -2.87. The van der Waals surface area contributed by atoms with Gasteiger partial charge in [0.25, 0.3) is 5.91 Å². The highest BCUT2D eigenvalue weighted by Crippen LogP contribution is 2.15. The minimum absolute atomic E-state index is 0.0223. The van der Waals surface area contributed by atoms with Gasteiger partial charge in [-0.05, 0) is 24.3 Å². The van der Waals surface area contributed by atoms with Crippen molar-refractivity contribution in [1.82, 2.24) is 5.32 Å². The van der Waals surface area contributed by atoms with Gasteiger partial charge >= 0.3 is 6.61 Å². The summed E-state index contributed by atoms with van der Waals surface area (Å²) in [6.07, 6.45) is 0. The zero-order chi connectivity index (χ0) is 13.0. The fourth-order valence-electron chi connectivity index (χ4n) is 1.37. The van der Waals surface area contributed by atoms with E-state index in [0.717, 1.165) is 5.75 Å². The molecule has 1 aliphatic rings. The molecule has 0 saturated carbocycles. The molecule has 0 bridgehead atoms. The van der Waals surface area contributed by atoms with E-state index in [0.29, 0.717) is 17.3 Å². The van der Waals surface area contributed by atoms with Crippen LogP contribution in [0.2, 0.25) is 0 Å². The molecule has 1 heterocycles. The molecule has 1 N–H and O–H groups in total. The van der Waals surface area contributed by atoms with E-state index in [1.165, 1.54) is 36.0 Å². The number of nitrogens with zero attached hydrogens (tertiary/aromatic N) is 1. The number of hydrogen-bond donors (Lipinski definition) is 1. The van der Waals surface area contributed by atoms with Crippen molar-refractivity contribution < 1.29 is 18.3 Å². The van der Waals surface area contributed by atoms with E-state index in [1.54, 1.807) is 0 Å². The number of carbonyl (C=O) groups excluding carboxylic acids is 1. The van der Waals surface area contributed by atoms with Gasteiger partial charge in [0, 0.05) is 11.3 Å². The number of amides is 1. The first kappa shape index (κ1) is 12.8. The Bertz CT molecular complexity index is 463. The Hall–Kier alpha value is -1.63.